The number of fused-ring (bicyclic) bond motifs is 1. The molecule has 1 amide bonds. The molecule has 3 rings (SSSR count). The predicted molar refractivity (Wildman–Crippen MR) is 84.8 cm³/mol. The first-order valence-corrected chi connectivity index (χ1v) is 8.03. The summed E-state index contributed by atoms with van der Waals surface area (Å²) in [5, 5.41) is 6.17. The van der Waals surface area contributed by atoms with Crippen LogP contribution in [0.5, 0.6) is 0 Å². The summed E-state index contributed by atoms with van der Waals surface area (Å²) in [6.45, 7) is 3.91. The molecule has 0 aliphatic carbocycles. The third kappa shape index (κ3) is 2.98. The van der Waals surface area contributed by atoms with E-state index in [1.54, 1.807) is 17.7 Å². The molecule has 0 atom stereocenters. The monoisotopic (exact) mass is 305 g/mol. The van der Waals surface area contributed by atoms with Crippen molar-refractivity contribution in [2.24, 2.45) is 0 Å². The molecule has 0 unspecified atom stereocenters. The van der Waals surface area contributed by atoms with Crippen molar-refractivity contribution in [2.45, 2.75) is 6.42 Å². The first-order chi connectivity index (χ1) is 10.3. The smallest absolute Gasteiger partial charge is 0.223 e. The second kappa shape index (κ2) is 6.36. The lowest BCUT2D eigenvalue weighted by molar-refractivity contribution is -0.131. The van der Waals surface area contributed by atoms with Gasteiger partial charge >= 0.3 is 0 Å². The van der Waals surface area contributed by atoms with Crippen molar-refractivity contribution in [3.63, 3.8) is 0 Å². The summed E-state index contributed by atoms with van der Waals surface area (Å²) in [4.78, 5) is 25.9. The van der Waals surface area contributed by atoms with Crippen LogP contribution in [0.2, 0.25) is 0 Å². The molecule has 1 aliphatic rings. The van der Waals surface area contributed by atoms with E-state index < -0.39 is 0 Å². The quantitative estimate of drug-likeness (QED) is 0.911. The van der Waals surface area contributed by atoms with E-state index in [0.717, 1.165) is 48.8 Å². The van der Waals surface area contributed by atoms with Gasteiger partial charge in [-0.15, -0.1) is 11.3 Å². The predicted octanol–water partition coefficient (Wildman–Crippen LogP) is 0.949. The minimum absolute atomic E-state index is 0.229. The molecule has 0 aromatic carbocycles. The van der Waals surface area contributed by atoms with Gasteiger partial charge in [0.2, 0.25) is 5.91 Å². The van der Waals surface area contributed by atoms with E-state index in [4.69, 9.17) is 0 Å². The number of amides is 1. The average Bonchev–Trinajstić information content (AvgIpc) is 3.01. The Bertz CT molecular complexity index is 621. The number of hydrogen-bond donors (Lipinski definition) is 1. The Morgan fingerprint density at radius 2 is 2.14 bits per heavy atom. The molecule has 0 saturated carbocycles. The molecule has 1 N–H and O–H groups in total. The highest BCUT2D eigenvalue weighted by molar-refractivity contribution is 7.16. The van der Waals surface area contributed by atoms with Crippen LogP contribution >= 0.6 is 11.3 Å². The Labute approximate surface area is 127 Å². The van der Waals surface area contributed by atoms with Gasteiger partial charge in [0.25, 0.3) is 0 Å². The summed E-state index contributed by atoms with van der Waals surface area (Å²) < 4.78 is 0. The first-order valence-electron chi connectivity index (χ1n) is 7.15. The van der Waals surface area contributed by atoms with Crippen molar-refractivity contribution in [1.82, 2.24) is 20.2 Å². The largest absolute Gasteiger partial charge is 0.352 e. The molecule has 0 spiro atoms. The Balaban J connectivity index is 1.66. The number of piperazine rings is 1. The van der Waals surface area contributed by atoms with Crippen LogP contribution in [0.4, 0.5) is 5.82 Å². The number of nitrogens with zero attached hydrogens (tertiary/aromatic N) is 4. The summed E-state index contributed by atoms with van der Waals surface area (Å²) in [5.74, 6) is 1.22. The molecule has 7 heteroatoms. The van der Waals surface area contributed by atoms with Crippen LogP contribution in [0, 0.1) is 0 Å². The van der Waals surface area contributed by atoms with Crippen molar-refractivity contribution in [2.75, 3.05) is 44.7 Å². The lowest BCUT2D eigenvalue weighted by atomic mass is 10.2. The van der Waals surface area contributed by atoms with Crippen LogP contribution in [0.3, 0.4) is 0 Å². The van der Waals surface area contributed by atoms with Crippen LogP contribution in [-0.2, 0) is 4.79 Å². The number of nitrogens with one attached hydrogen (secondary N) is 1. The van der Waals surface area contributed by atoms with Crippen LogP contribution < -0.4 is 10.2 Å². The maximum absolute atomic E-state index is 12.0. The third-order valence-corrected chi connectivity index (χ3v) is 4.58. The molecular formula is C14H19N5OS. The molecular weight excluding hydrogens is 286 g/mol. The summed E-state index contributed by atoms with van der Waals surface area (Å²) >= 11 is 1.63. The molecule has 1 aliphatic heterocycles. The maximum Gasteiger partial charge on any atom is 0.223 e. The Morgan fingerprint density at radius 3 is 2.90 bits per heavy atom. The van der Waals surface area contributed by atoms with Gasteiger partial charge in [-0.3, -0.25) is 4.79 Å². The Hall–Kier alpha value is -1.73. The number of thiophene rings is 1. The van der Waals surface area contributed by atoms with Crippen LogP contribution in [0.1, 0.15) is 6.42 Å². The lowest BCUT2D eigenvalue weighted by Crippen LogP contribution is -2.49. The van der Waals surface area contributed by atoms with Crippen molar-refractivity contribution >= 4 is 33.3 Å². The molecule has 21 heavy (non-hydrogen) atoms. The molecule has 2 aromatic heterocycles. The fourth-order valence-corrected chi connectivity index (χ4v) is 3.31. The van der Waals surface area contributed by atoms with Gasteiger partial charge in [-0.05, 0) is 18.5 Å². The van der Waals surface area contributed by atoms with E-state index in [2.05, 4.69) is 26.3 Å². The number of aromatic nitrogens is 2. The topological polar surface area (TPSA) is 61.4 Å². The van der Waals surface area contributed by atoms with E-state index in [1.807, 2.05) is 17.3 Å². The summed E-state index contributed by atoms with van der Waals surface area (Å²) in [6.07, 6.45) is 2.19. The number of hydrogen-bond acceptors (Lipinski definition) is 6. The second-order valence-electron chi connectivity index (χ2n) is 5.06. The van der Waals surface area contributed by atoms with Crippen molar-refractivity contribution in [3.05, 3.63) is 17.8 Å². The van der Waals surface area contributed by atoms with Crippen LogP contribution in [-0.4, -0.2) is 60.5 Å². The molecule has 0 radical (unpaired) electrons. The Morgan fingerprint density at radius 1 is 1.33 bits per heavy atom. The number of rotatable bonds is 4. The van der Waals surface area contributed by atoms with Gasteiger partial charge in [0, 0.05) is 39.1 Å². The van der Waals surface area contributed by atoms with Crippen molar-refractivity contribution in [1.29, 1.82) is 0 Å². The second-order valence-corrected chi connectivity index (χ2v) is 5.95. The lowest BCUT2D eigenvalue weighted by Gasteiger charge is -2.35. The minimum atomic E-state index is 0.229. The van der Waals surface area contributed by atoms with E-state index in [9.17, 15) is 4.79 Å². The van der Waals surface area contributed by atoms with Gasteiger partial charge in [0.05, 0.1) is 5.39 Å². The highest BCUT2D eigenvalue weighted by Crippen LogP contribution is 2.27. The average molecular weight is 305 g/mol. The molecule has 6 nitrogen and oxygen atoms in total. The van der Waals surface area contributed by atoms with Gasteiger partial charge in [-0.1, -0.05) is 0 Å². The van der Waals surface area contributed by atoms with Crippen molar-refractivity contribution < 1.29 is 4.79 Å². The molecule has 3 heterocycles. The highest BCUT2D eigenvalue weighted by Gasteiger charge is 2.22. The van der Waals surface area contributed by atoms with E-state index in [1.165, 1.54) is 0 Å². The van der Waals surface area contributed by atoms with E-state index >= 15 is 0 Å². The van der Waals surface area contributed by atoms with Gasteiger partial charge in [-0.2, -0.15) is 0 Å². The minimum Gasteiger partial charge on any atom is -0.352 e. The van der Waals surface area contributed by atoms with Gasteiger partial charge in [0.15, 0.2) is 0 Å². The number of carbonyl (C=O) groups is 1. The van der Waals surface area contributed by atoms with Gasteiger partial charge in [-0.25, -0.2) is 9.97 Å². The third-order valence-electron chi connectivity index (χ3n) is 3.76. The van der Waals surface area contributed by atoms with Gasteiger partial charge in [0.1, 0.15) is 17.0 Å². The zero-order valence-electron chi connectivity index (χ0n) is 12.1. The molecule has 112 valence electrons. The zero-order chi connectivity index (χ0) is 14.7. The number of anilines is 1. The Kier molecular flexibility index (Phi) is 4.31. The standard InChI is InChI=1S/C14H19N5OS/c1-15-4-2-12(20)18-5-7-19(8-6-18)13-11-3-9-21-14(11)17-10-16-13/h3,9-10,15H,2,4-8H2,1H3. The molecule has 2 aromatic rings. The molecule has 1 fully saturated rings. The first kappa shape index (κ1) is 14.2. The number of carbonyl (C=O) groups excluding carboxylic acids is 1. The zero-order valence-corrected chi connectivity index (χ0v) is 12.9. The fourth-order valence-electron chi connectivity index (χ4n) is 2.59. The summed E-state index contributed by atoms with van der Waals surface area (Å²) in [5.41, 5.74) is 0. The van der Waals surface area contributed by atoms with Crippen LogP contribution in [0.15, 0.2) is 17.8 Å². The molecule has 0 bridgehead atoms. The van der Waals surface area contributed by atoms with E-state index in [0.29, 0.717) is 6.42 Å². The summed E-state index contributed by atoms with van der Waals surface area (Å²) in [7, 11) is 1.87. The summed E-state index contributed by atoms with van der Waals surface area (Å²) in [6, 6.07) is 2.07. The normalized spacial score (nSPS) is 15.7. The van der Waals surface area contributed by atoms with E-state index in [-0.39, 0.29) is 5.91 Å². The fraction of sp³-hybridized carbons (Fsp3) is 0.500. The molecule has 1 saturated heterocycles. The SMILES string of the molecule is CNCCC(=O)N1CCN(c2ncnc3sccc23)CC1. The van der Waals surface area contributed by atoms with Crippen LogP contribution in [0.25, 0.3) is 10.2 Å². The van der Waals surface area contributed by atoms with Gasteiger partial charge < -0.3 is 15.1 Å². The maximum atomic E-state index is 12.0. The van der Waals surface area contributed by atoms with Crippen molar-refractivity contribution in [3.8, 4) is 0 Å². The highest BCUT2D eigenvalue weighted by atomic mass is 32.1.